The molecule has 2 rings (SSSR count). The average Bonchev–Trinajstić information content (AvgIpc) is 2.61. The zero-order chi connectivity index (χ0) is 19.1. The summed E-state index contributed by atoms with van der Waals surface area (Å²) in [5.74, 6) is 0.921. The fraction of sp³-hybridized carbons (Fsp3) is 0.409. The predicted octanol–water partition coefficient (Wildman–Crippen LogP) is 2.78. The SMILES string of the molecule is CCc1cccc(CC)c1NC(=O)C[NH+](C)Cc1cc(C)ccc1OC. The Kier molecular flexibility index (Phi) is 7.22. The largest absolute Gasteiger partial charge is 0.496 e. The van der Waals surface area contributed by atoms with Gasteiger partial charge in [0.15, 0.2) is 6.54 Å². The molecule has 0 spiro atoms. The van der Waals surface area contributed by atoms with Crippen LogP contribution in [-0.4, -0.2) is 26.6 Å². The van der Waals surface area contributed by atoms with Gasteiger partial charge >= 0.3 is 0 Å². The Morgan fingerprint density at radius 2 is 1.73 bits per heavy atom. The first-order valence-corrected chi connectivity index (χ1v) is 9.33. The van der Waals surface area contributed by atoms with Crippen molar-refractivity contribution >= 4 is 11.6 Å². The lowest BCUT2D eigenvalue weighted by atomic mass is 10.0. The molecule has 0 radical (unpaired) electrons. The number of amides is 1. The van der Waals surface area contributed by atoms with Crippen molar-refractivity contribution in [2.75, 3.05) is 26.0 Å². The van der Waals surface area contributed by atoms with Crippen LogP contribution in [0.25, 0.3) is 0 Å². The molecule has 0 aromatic heterocycles. The number of hydrogen-bond acceptors (Lipinski definition) is 2. The van der Waals surface area contributed by atoms with E-state index in [0.29, 0.717) is 6.54 Å². The second-order valence-corrected chi connectivity index (χ2v) is 6.83. The number of quaternary nitrogens is 1. The first-order valence-electron chi connectivity index (χ1n) is 9.33. The maximum atomic E-state index is 12.6. The van der Waals surface area contributed by atoms with Crippen molar-refractivity contribution in [1.29, 1.82) is 0 Å². The summed E-state index contributed by atoms with van der Waals surface area (Å²) in [7, 11) is 3.72. The summed E-state index contributed by atoms with van der Waals surface area (Å²) in [6.45, 7) is 7.46. The number of hydrogen-bond donors (Lipinski definition) is 2. The molecule has 0 aliphatic rings. The molecule has 0 heterocycles. The van der Waals surface area contributed by atoms with E-state index in [1.165, 1.54) is 16.7 Å². The summed E-state index contributed by atoms with van der Waals surface area (Å²) < 4.78 is 5.45. The highest BCUT2D eigenvalue weighted by molar-refractivity contribution is 5.93. The molecule has 2 aromatic carbocycles. The van der Waals surface area contributed by atoms with Crippen LogP contribution in [0.1, 0.15) is 36.1 Å². The molecular weight excluding hydrogens is 324 g/mol. The minimum atomic E-state index is 0.0460. The van der Waals surface area contributed by atoms with Crippen LogP contribution in [0, 0.1) is 6.92 Å². The quantitative estimate of drug-likeness (QED) is 0.765. The van der Waals surface area contributed by atoms with Crippen molar-refractivity contribution in [2.24, 2.45) is 0 Å². The van der Waals surface area contributed by atoms with E-state index in [9.17, 15) is 4.79 Å². The Morgan fingerprint density at radius 3 is 2.31 bits per heavy atom. The van der Waals surface area contributed by atoms with Gasteiger partial charge in [0.05, 0.1) is 14.2 Å². The van der Waals surface area contributed by atoms with Gasteiger partial charge in [-0.15, -0.1) is 0 Å². The van der Waals surface area contributed by atoms with E-state index in [0.717, 1.165) is 41.3 Å². The minimum Gasteiger partial charge on any atom is -0.496 e. The minimum absolute atomic E-state index is 0.0460. The Labute approximate surface area is 157 Å². The Hall–Kier alpha value is -2.33. The summed E-state index contributed by atoms with van der Waals surface area (Å²) in [6.07, 6.45) is 1.82. The van der Waals surface area contributed by atoms with Gasteiger partial charge in [-0.1, -0.05) is 43.7 Å². The van der Waals surface area contributed by atoms with Crippen LogP contribution in [0.5, 0.6) is 5.75 Å². The van der Waals surface area contributed by atoms with Crippen LogP contribution in [-0.2, 0) is 24.2 Å². The summed E-state index contributed by atoms with van der Waals surface area (Å²) in [6, 6.07) is 12.4. The molecule has 4 nitrogen and oxygen atoms in total. The highest BCUT2D eigenvalue weighted by Crippen LogP contribution is 2.22. The fourth-order valence-electron chi connectivity index (χ4n) is 3.29. The number of methoxy groups -OCH3 is 1. The van der Waals surface area contributed by atoms with Crippen LogP contribution < -0.4 is 15.0 Å². The van der Waals surface area contributed by atoms with E-state index in [1.54, 1.807) is 7.11 Å². The number of nitrogens with one attached hydrogen (secondary N) is 2. The number of carbonyl (C=O) groups excluding carboxylic acids is 1. The standard InChI is InChI=1S/C22H30N2O2/c1-6-17-9-8-10-18(7-2)22(17)23-21(25)15-24(4)14-19-13-16(3)11-12-20(19)26-5/h8-13H,6-7,14-15H2,1-5H3,(H,23,25)/p+1. The van der Waals surface area contributed by atoms with Crippen LogP contribution >= 0.6 is 0 Å². The smallest absolute Gasteiger partial charge is 0.279 e. The fourth-order valence-corrected chi connectivity index (χ4v) is 3.29. The van der Waals surface area contributed by atoms with Crippen molar-refractivity contribution < 1.29 is 14.4 Å². The van der Waals surface area contributed by atoms with Gasteiger partial charge in [-0.25, -0.2) is 0 Å². The van der Waals surface area contributed by atoms with Crippen LogP contribution in [0.15, 0.2) is 36.4 Å². The Bertz CT molecular complexity index is 734. The van der Waals surface area contributed by atoms with Crippen LogP contribution in [0.4, 0.5) is 5.69 Å². The van der Waals surface area contributed by atoms with E-state index in [-0.39, 0.29) is 5.91 Å². The van der Waals surface area contributed by atoms with E-state index < -0.39 is 0 Å². The Morgan fingerprint density at radius 1 is 1.08 bits per heavy atom. The van der Waals surface area contributed by atoms with Gasteiger partial charge in [0.2, 0.25) is 0 Å². The van der Waals surface area contributed by atoms with Crippen molar-refractivity contribution in [1.82, 2.24) is 0 Å². The van der Waals surface area contributed by atoms with Crippen LogP contribution in [0.3, 0.4) is 0 Å². The number of likely N-dealkylation sites (N-methyl/N-ethyl adjacent to an activating group) is 1. The normalized spacial score (nSPS) is 11.9. The Balaban J connectivity index is 2.06. The highest BCUT2D eigenvalue weighted by Gasteiger charge is 2.16. The molecule has 2 N–H and O–H groups in total. The molecular formula is C22H31N2O2+. The monoisotopic (exact) mass is 355 g/mol. The van der Waals surface area contributed by atoms with Gasteiger partial charge in [-0.05, 0) is 43.0 Å². The topological polar surface area (TPSA) is 42.8 Å². The summed E-state index contributed by atoms with van der Waals surface area (Å²) >= 11 is 0. The highest BCUT2D eigenvalue weighted by atomic mass is 16.5. The molecule has 0 saturated heterocycles. The van der Waals surface area contributed by atoms with Gasteiger partial charge in [-0.3, -0.25) is 4.79 Å². The molecule has 0 fully saturated rings. The van der Waals surface area contributed by atoms with Crippen molar-refractivity contribution in [3.8, 4) is 5.75 Å². The predicted molar refractivity (Wildman–Crippen MR) is 107 cm³/mol. The number of rotatable bonds is 8. The van der Waals surface area contributed by atoms with E-state index >= 15 is 0 Å². The van der Waals surface area contributed by atoms with Crippen molar-refractivity contribution in [3.05, 3.63) is 58.7 Å². The molecule has 140 valence electrons. The van der Waals surface area contributed by atoms with E-state index in [2.05, 4.69) is 50.4 Å². The van der Waals surface area contributed by atoms with Crippen LogP contribution in [0.2, 0.25) is 0 Å². The third-order valence-corrected chi connectivity index (χ3v) is 4.65. The third kappa shape index (κ3) is 5.09. The van der Waals surface area contributed by atoms with Gasteiger partial charge in [-0.2, -0.15) is 0 Å². The first-order chi connectivity index (χ1) is 12.5. The molecule has 2 aromatic rings. The first kappa shape index (κ1) is 20.0. The number of aryl methyl sites for hydroxylation is 3. The lowest BCUT2D eigenvalue weighted by Gasteiger charge is -2.18. The van der Waals surface area contributed by atoms with E-state index in [4.69, 9.17) is 4.74 Å². The maximum absolute atomic E-state index is 12.6. The lowest BCUT2D eigenvalue weighted by Crippen LogP contribution is -3.08. The molecule has 4 heteroatoms. The summed E-state index contributed by atoms with van der Waals surface area (Å²) in [5.41, 5.74) is 5.69. The van der Waals surface area contributed by atoms with Gasteiger partial charge < -0.3 is 15.0 Å². The summed E-state index contributed by atoms with van der Waals surface area (Å²) in [5, 5.41) is 3.15. The second-order valence-electron chi connectivity index (χ2n) is 6.83. The second kappa shape index (κ2) is 9.39. The number of benzene rings is 2. The number of ether oxygens (including phenoxy) is 1. The number of anilines is 1. The lowest BCUT2D eigenvalue weighted by molar-refractivity contribution is -0.885. The number of para-hydroxylation sites is 1. The molecule has 26 heavy (non-hydrogen) atoms. The molecule has 1 amide bonds. The maximum Gasteiger partial charge on any atom is 0.279 e. The number of carbonyl (C=O) groups is 1. The molecule has 0 saturated carbocycles. The molecule has 0 aliphatic heterocycles. The van der Waals surface area contributed by atoms with Gasteiger partial charge in [0.25, 0.3) is 5.91 Å². The van der Waals surface area contributed by atoms with Gasteiger partial charge in [0.1, 0.15) is 12.3 Å². The van der Waals surface area contributed by atoms with Crippen molar-refractivity contribution in [2.45, 2.75) is 40.2 Å². The molecule has 0 bridgehead atoms. The molecule has 1 unspecified atom stereocenters. The summed E-state index contributed by atoms with van der Waals surface area (Å²) in [4.78, 5) is 13.7. The van der Waals surface area contributed by atoms with Gasteiger partial charge in [0, 0.05) is 11.3 Å². The zero-order valence-corrected chi connectivity index (χ0v) is 16.6. The van der Waals surface area contributed by atoms with E-state index in [1.807, 2.05) is 19.2 Å². The zero-order valence-electron chi connectivity index (χ0n) is 16.6. The third-order valence-electron chi connectivity index (χ3n) is 4.65. The molecule has 0 aliphatic carbocycles. The molecule has 1 atom stereocenters. The van der Waals surface area contributed by atoms with Crippen molar-refractivity contribution in [3.63, 3.8) is 0 Å². The average molecular weight is 356 g/mol.